The van der Waals surface area contributed by atoms with Gasteiger partial charge in [-0.2, -0.15) is 4.31 Å². The van der Waals surface area contributed by atoms with Crippen LogP contribution in [0, 0.1) is 6.92 Å². The Morgan fingerprint density at radius 2 is 1.89 bits per heavy atom. The third-order valence-electron chi connectivity index (χ3n) is 4.35. The third-order valence-corrected chi connectivity index (χ3v) is 6.36. The van der Waals surface area contributed by atoms with Crippen molar-refractivity contribution in [3.8, 4) is 11.5 Å². The fourth-order valence-corrected chi connectivity index (χ4v) is 4.49. The summed E-state index contributed by atoms with van der Waals surface area (Å²) in [6.45, 7) is 3.49. The van der Waals surface area contributed by atoms with E-state index in [0.29, 0.717) is 42.7 Å². The normalized spacial score (nSPS) is 16.0. The van der Waals surface area contributed by atoms with Crippen LogP contribution in [0.3, 0.4) is 0 Å². The van der Waals surface area contributed by atoms with E-state index in [9.17, 15) is 8.42 Å². The van der Waals surface area contributed by atoms with Gasteiger partial charge in [-0.1, -0.05) is 17.7 Å². The van der Waals surface area contributed by atoms with Crippen LogP contribution < -0.4 is 4.90 Å². The molecule has 0 aliphatic carbocycles. The highest BCUT2D eigenvalue weighted by atomic mass is 35.5. The summed E-state index contributed by atoms with van der Waals surface area (Å²) < 4.78 is 37.7. The first-order chi connectivity index (χ1) is 12.9. The first-order valence-corrected chi connectivity index (χ1v) is 10.1. The van der Waals surface area contributed by atoms with E-state index in [1.807, 2.05) is 24.3 Å². The standard InChI is InChI=1S/C17H17ClN4O4S/c1-12-19-20-17(26-12)13-9-16(25-11-13)27(23,24)22-7-5-21(6-8-22)15-4-2-3-14(18)10-15/h2-4,9-11H,5-8H2,1H3. The van der Waals surface area contributed by atoms with Crippen LogP contribution in [0.2, 0.25) is 5.02 Å². The second-order valence-corrected chi connectivity index (χ2v) is 8.46. The van der Waals surface area contributed by atoms with Crippen LogP contribution in [0.15, 0.2) is 50.5 Å². The Kier molecular flexibility index (Phi) is 4.67. The molecule has 0 N–H and O–H groups in total. The van der Waals surface area contributed by atoms with Crippen molar-refractivity contribution in [2.24, 2.45) is 0 Å². The van der Waals surface area contributed by atoms with Gasteiger partial charge in [0.2, 0.25) is 11.0 Å². The highest BCUT2D eigenvalue weighted by Gasteiger charge is 2.31. The molecule has 0 unspecified atom stereocenters. The van der Waals surface area contributed by atoms with E-state index in [-0.39, 0.29) is 11.0 Å². The molecule has 1 aromatic carbocycles. The molecular formula is C17H17ClN4O4S. The first-order valence-electron chi connectivity index (χ1n) is 8.33. The van der Waals surface area contributed by atoms with Gasteiger partial charge >= 0.3 is 0 Å². The Morgan fingerprint density at radius 3 is 2.56 bits per heavy atom. The minimum atomic E-state index is -3.73. The van der Waals surface area contributed by atoms with E-state index in [0.717, 1.165) is 5.69 Å². The van der Waals surface area contributed by atoms with Crippen molar-refractivity contribution >= 4 is 27.3 Å². The van der Waals surface area contributed by atoms with Gasteiger partial charge in [0.05, 0.1) is 5.56 Å². The van der Waals surface area contributed by atoms with Crippen LogP contribution in [-0.2, 0) is 10.0 Å². The quantitative estimate of drug-likeness (QED) is 0.655. The molecule has 0 radical (unpaired) electrons. The maximum Gasteiger partial charge on any atom is 0.276 e. The Hall–Kier alpha value is -2.36. The van der Waals surface area contributed by atoms with Gasteiger partial charge in [0.1, 0.15) is 6.26 Å². The molecule has 10 heteroatoms. The summed E-state index contributed by atoms with van der Waals surface area (Å²) in [6.07, 6.45) is 1.31. The maximum atomic E-state index is 12.9. The van der Waals surface area contributed by atoms with Gasteiger partial charge in [0.25, 0.3) is 15.9 Å². The number of sulfonamides is 1. The smallest absolute Gasteiger partial charge is 0.276 e. The van der Waals surface area contributed by atoms with Gasteiger partial charge in [-0.05, 0) is 18.2 Å². The molecule has 1 fully saturated rings. The maximum absolute atomic E-state index is 12.9. The number of anilines is 1. The summed E-state index contributed by atoms with van der Waals surface area (Å²) in [5.74, 6) is 0.622. The molecule has 3 aromatic rings. The van der Waals surface area contributed by atoms with E-state index in [1.54, 1.807) is 6.92 Å². The molecule has 4 rings (SSSR count). The predicted molar refractivity (Wildman–Crippen MR) is 99.2 cm³/mol. The third kappa shape index (κ3) is 3.58. The van der Waals surface area contributed by atoms with E-state index in [2.05, 4.69) is 15.1 Å². The lowest BCUT2D eigenvalue weighted by molar-refractivity contribution is 0.362. The van der Waals surface area contributed by atoms with Gasteiger partial charge in [-0.25, -0.2) is 8.42 Å². The summed E-state index contributed by atoms with van der Waals surface area (Å²) in [6, 6.07) is 8.93. The zero-order valence-electron chi connectivity index (χ0n) is 14.5. The second-order valence-electron chi connectivity index (χ2n) is 6.15. The van der Waals surface area contributed by atoms with Crippen molar-refractivity contribution in [1.29, 1.82) is 0 Å². The highest BCUT2D eigenvalue weighted by Crippen LogP contribution is 2.27. The van der Waals surface area contributed by atoms with Crippen LogP contribution in [0.4, 0.5) is 5.69 Å². The van der Waals surface area contributed by atoms with E-state index < -0.39 is 10.0 Å². The van der Waals surface area contributed by atoms with Crippen LogP contribution in [-0.4, -0.2) is 49.1 Å². The number of aryl methyl sites for hydroxylation is 1. The van der Waals surface area contributed by atoms with Crippen molar-refractivity contribution in [2.45, 2.75) is 12.0 Å². The summed E-state index contributed by atoms with van der Waals surface area (Å²) in [5.41, 5.74) is 1.42. The van der Waals surface area contributed by atoms with Gasteiger partial charge in [0.15, 0.2) is 0 Å². The zero-order chi connectivity index (χ0) is 19.0. The topological polar surface area (TPSA) is 92.7 Å². The average Bonchev–Trinajstić information content (AvgIpc) is 3.31. The SMILES string of the molecule is Cc1nnc(-c2coc(S(=O)(=O)N3CCN(c4cccc(Cl)c4)CC3)c2)o1. The molecule has 8 nitrogen and oxygen atoms in total. The summed E-state index contributed by atoms with van der Waals surface area (Å²) in [4.78, 5) is 2.10. The lowest BCUT2D eigenvalue weighted by atomic mass is 10.2. The van der Waals surface area contributed by atoms with Crippen molar-refractivity contribution in [3.05, 3.63) is 47.5 Å². The molecule has 27 heavy (non-hydrogen) atoms. The molecule has 1 aliphatic rings. The van der Waals surface area contributed by atoms with E-state index in [1.165, 1.54) is 16.6 Å². The molecule has 142 valence electrons. The number of benzene rings is 1. The molecule has 0 amide bonds. The molecular weight excluding hydrogens is 392 g/mol. The zero-order valence-corrected chi connectivity index (χ0v) is 16.1. The number of aromatic nitrogens is 2. The fraction of sp³-hybridized carbons (Fsp3) is 0.294. The minimum Gasteiger partial charge on any atom is -0.451 e. The van der Waals surface area contributed by atoms with Gasteiger partial charge in [0, 0.05) is 49.9 Å². The molecule has 1 saturated heterocycles. The van der Waals surface area contributed by atoms with Gasteiger partial charge in [-0.15, -0.1) is 10.2 Å². The van der Waals surface area contributed by atoms with Gasteiger partial charge in [-0.3, -0.25) is 0 Å². The first kappa shape index (κ1) is 18.0. The van der Waals surface area contributed by atoms with E-state index in [4.69, 9.17) is 20.4 Å². The van der Waals surface area contributed by atoms with Crippen LogP contribution in [0.5, 0.6) is 0 Å². The molecule has 0 saturated carbocycles. The lowest BCUT2D eigenvalue weighted by Gasteiger charge is -2.34. The summed E-state index contributed by atoms with van der Waals surface area (Å²) in [7, 11) is -3.73. The Morgan fingerprint density at radius 1 is 1.11 bits per heavy atom. The Balaban J connectivity index is 1.48. The number of rotatable bonds is 4. The van der Waals surface area contributed by atoms with Crippen molar-refractivity contribution in [2.75, 3.05) is 31.1 Å². The minimum absolute atomic E-state index is 0.135. The predicted octanol–water partition coefficient (Wildman–Crippen LogP) is 2.80. The number of furan rings is 1. The van der Waals surface area contributed by atoms with Crippen LogP contribution in [0.25, 0.3) is 11.5 Å². The lowest BCUT2D eigenvalue weighted by Crippen LogP contribution is -2.48. The van der Waals surface area contributed by atoms with Crippen molar-refractivity contribution in [1.82, 2.24) is 14.5 Å². The molecule has 3 heterocycles. The molecule has 2 aromatic heterocycles. The van der Waals surface area contributed by atoms with Gasteiger partial charge < -0.3 is 13.7 Å². The number of nitrogens with zero attached hydrogens (tertiary/aromatic N) is 4. The molecule has 0 atom stereocenters. The molecule has 1 aliphatic heterocycles. The Bertz CT molecular complexity index is 1050. The number of piperazine rings is 1. The average molecular weight is 409 g/mol. The number of halogens is 1. The Labute approximate surface area is 161 Å². The molecule has 0 bridgehead atoms. The van der Waals surface area contributed by atoms with E-state index >= 15 is 0 Å². The van der Waals surface area contributed by atoms with Crippen molar-refractivity contribution < 1.29 is 17.3 Å². The molecule has 0 spiro atoms. The van der Waals surface area contributed by atoms with Crippen molar-refractivity contribution in [3.63, 3.8) is 0 Å². The number of hydrogen-bond acceptors (Lipinski definition) is 7. The summed E-state index contributed by atoms with van der Waals surface area (Å²) in [5, 5.41) is 8.13. The second kappa shape index (κ2) is 6.99. The number of hydrogen-bond donors (Lipinski definition) is 0. The highest BCUT2D eigenvalue weighted by molar-refractivity contribution is 7.89. The monoisotopic (exact) mass is 408 g/mol. The largest absolute Gasteiger partial charge is 0.451 e. The van der Waals surface area contributed by atoms with Crippen LogP contribution in [0.1, 0.15) is 5.89 Å². The van der Waals surface area contributed by atoms with Crippen LogP contribution >= 0.6 is 11.6 Å². The summed E-state index contributed by atoms with van der Waals surface area (Å²) >= 11 is 6.04. The fourth-order valence-electron chi connectivity index (χ4n) is 2.96.